The number of nitro groups is 1. The number of halogens is 2. The summed E-state index contributed by atoms with van der Waals surface area (Å²) in [6.07, 6.45) is 0. The quantitative estimate of drug-likeness (QED) is 0.292. The van der Waals surface area contributed by atoms with Gasteiger partial charge in [0.15, 0.2) is 5.78 Å². The zero-order valence-electron chi connectivity index (χ0n) is 7.37. The minimum Gasteiger partial charge on any atom is -0.393 e. The van der Waals surface area contributed by atoms with Crippen LogP contribution in [0.5, 0.6) is 0 Å². The molecule has 0 saturated carbocycles. The lowest BCUT2D eigenvalue weighted by molar-refractivity contribution is -0.383. The second-order valence-corrected chi connectivity index (χ2v) is 3.40. The van der Waals surface area contributed by atoms with Crippen molar-refractivity contribution in [3.05, 3.63) is 32.8 Å². The monoisotopic (exact) mass is 248 g/mol. The predicted octanol–water partition coefficient (Wildman–Crippen LogP) is 2.25. The number of rotatable bonds is 3. The van der Waals surface area contributed by atoms with Gasteiger partial charge in [-0.25, -0.2) is 0 Å². The fourth-order valence-electron chi connectivity index (χ4n) is 1.06. The number of anilines is 1. The van der Waals surface area contributed by atoms with Crippen LogP contribution in [-0.2, 0) is 0 Å². The number of hydrogen-bond donors (Lipinski definition) is 1. The Balaban J connectivity index is 3.41. The largest absolute Gasteiger partial charge is 0.393 e. The molecule has 0 aliphatic rings. The van der Waals surface area contributed by atoms with Crippen molar-refractivity contribution in [3.8, 4) is 0 Å². The summed E-state index contributed by atoms with van der Waals surface area (Å²) in [7, 11) is 0. The summed E-state index contributed by atoms with van der Waals surface area (Å²) in [5.41, 5.74) is 4.82. The van der Waals surface area contributed by atoms with Gasteiger partial charge in [0.25, 0.3) is 5.69 Å². The van der Waals surface area contributed by atoms with Gasteiger partial charge in [0.1, 0.15) is 5.69 Å². The van der Waals surface area contributed by atoms with Gasteiger partial charge in [0, 0.05) is 11.1 Å². The van der Waals surface area contributed by atoms with Crippen LogP contribution in [0.2, 0.25) is 5.02 Å². The van der Waals surface area contributed by atoms with Gasteiger partial charge in [0.2, 0.25) is 0 Å². The summed E-state index contributed by atoms with van der Waals surface area (Å²) >= 11 is 10.9. The normalized spacial score (nSPS) is 10.0. The number of nitrogens with two attached hydrogens (primary N) is 1. The number of nitro benzene ring substituents is 1. The maximum atomic E-state index is 11.3. The van der Waals surface area contributed by atoms with Crippen molar-refractivity contribution in [1.29, 1.82) is 0 Å². The summed E-state index contributed by atoms with van der Waals surface area (Å²) in [6.45, 7) is 0. The van der Waals surface area contributed by atoms with E-state index in [4.69, 9.17) is 28.9 Å². The Labute approximate surface area is 94.9 Å². The van der Waals surface area contributed by atoms with E-state index in [2.05, 4.69) is 0 Å². The molecule has 0 radical (unpaired) electrons. The van der Waals surface area contributed by atoms with E-state index in [0.717, 1.165) is 6.07 Å². The first-order chi connectivity index (χ1) is 6.97. The van der Waals surface area contributed by atoms with E-state index in [1.54, 1.807) is 0 Å². The minimum absolute atomic E-state index is 0.0239. The lowest BCUT2D eigenvalue weighted by atomic mass is 10.1. The van der Waals surface area contributed by atoms with Gasteiger partial charge in [-0.2, -0.15) is 0 Å². The van der Waals surface area contributed by atoms with Crippen molar-refractivity contribution in [2.75, 3.05) is 11.6 Å². The fraction of sp³-hybridized carbons (Fsp3) is 0.125. The highest BCUT2D eigenvalue weighted by Crippen LogP contribution is 2.29. The predicted molar refractivity (Wildman–Crippen MR) is 57.6 cm³/mol. The van der Waals surface area contributed by atoms with Gasteiger partial charge in [0.05, 0.1) is 16.4 Å². The number of hydrogen-bond acceptors (Lipinski definition) is 4. The Morgan fingerprint density at radius 3 is 2.60 bits per heavy atom. The van der Waals surface area contributed by atoms with Crippen molar-refractivity contribution in [3.63, 3.8) is 0 Å². The molecule has 80 valence electrons. The summed E-state index contributed by atoms with van der Waals surface area (Å²) < 4.78 is 0. The molecule has 1 aromatic rings. The van der Waals surface area contributed by atoms with Crippen molar-refractivity contribution in [2.24, 2.45) is 0 Å². The molecule has 15 heavy (non-hydrogen) atoms. The molecule has 0 amide bonds. The fourth-order valence-corrected chi connectivity index (χ4v) is 1.41. The number of benzene rings is 1. The Hall–Kier alpha value is -1.33. The summed E-state index contributed by atoms with van der Waals surface area (Å²) in [5.74, 6) is -0.804. The number of carbonyl (C=O) groups is 1. The van der Waals surface area contributed by atoms with Gasteiger partial charge in [-0.15, -0.1) is 11.6 Å². The third kappa shape index (κ3) is 2.37. The van der Waals surface area contributed by atoms with Gasteiger partial charge in [-0.3, -0.25) is 14.9 Å². The second kappa shape index (κ2) is 4.46. The molecule has 0 bridgehead atoms. The Kier molecular flexibility index (Phi) is 3.49. The van der Waals surface area contributed by atoms with Crippen LogP contribution in [-0.4, -0.2) is 16.6 Å². The highest BCUT2D eigenvalue weighted by molar-refractivity contribution is 6.33. The molecule has 0 unspecified atom stereocenters. The Morgan fingerprint density at radius 1 is 1.53 bits per heavy atom. The number of Topliss-reactive ketones (excluding diaryl/α,β-unsaturated/α-hetero) is 1. The first kappa shape index (κ1) is 11.7. The van der Waals surface area contributed by atoms with Crippen LogP contribution < -0.4 is 5.73 Å². The third-order valence-electron chi connectivity index (χ3n) is 1.74. The molecule has 5 nitrogen and oxygen atoms in total. The molecule has 0 fully saturated rings. The molecular formula is C8H6Cl2N2O3. The molecule has 0 saturated heterocycles. The molecular weight excluding hydrogens is 243 g/mol. The van der Waals surface area contributed by atoms with E-state index < -0.39 is 16.4 Å². The molecule has 0 aromatic heterocycles. The Morgan fingerprint density at radius 2 is 2.13 bits per heavy atom. The van der Waals surface area contributed by atoms with E-state index >= 15 is 0 Å². The van der Waals surface area contributed by atoms with Crippen molar-refractivity contribution in [1.82, 2.24) is 0 Å². The van der Waals surface area contributed by atoms with Crippen LogP contribution in [0.3, 0.4) is 0 Å². The molecule has 0 aliphatic carbocycles. The smallest absolute Gasteiger partial charge is 0.294 e. The van der Waals surface area contributed by atoms with E-state index in [-0.39, 0.29) is 22.2 Å². The van der Waals surface area contributed by atoms with Crippen LogP contribution in [0.1, 0.15) is 10.4 Å². The standard InChI is InChI=1S/C8H6Cl2N2O3/c9-3-7(13)5-1-4(10)2-6(8(5)11)12(14)15/h1-2H,3,11H2. The van der Waals surface area contributed by atoms with E-state index in [1.165, 1.54) is 6.07 Å². The van der Waals surface area contributed by atoms with Crippen molar-refractivity contribution >= 4 is 40.4 Å². The van der Waals surface area contributed by atoms with E-state index in [1.807, 2.05) is 0 Å². The van der Waals surface area contributed by atoms with Crippen LogP contribution >= 0.6 is 23.2 Å². The number of carbonyl (C=O) groups excluding carboxylic acids is 1. The lowest BCUT2D eigenvalue weighted by Crippen LogP contribution is -2.07. The number of ketones is 1. The summed E-state index contributed by atoms with van der Waals surface area (Å²) in [6, 6.07) is 2.34. The van der Waals surface area contributed by atoms with Crippen LogP contribution in [0, 0.1) is 10.1 Å². The highest BCUT2D eigenvalue weighted by atomic mass is 35.5. The molecule has 0 atom stereocenters. The second-order valence-electron chi connectivity index (χ2n) is 2.70. The lowest BCUT2D eigenvalue weighted by Gasteiger charge is -2.04. The van der Waals surface area contributed by atoms with E-state index in [0.29, 0.717) is 0 Å². The van der Waals surface area contributed by atoms with E-state index in [9.17, 15) is 14.9 Å². The SMILES string of the molecule is Nc1c(C(=O)CCl)cc(Cl)cc1[N+](=O)[O-]. The molecule has 0 heterocycles. The molecule has 1 rings (SSSR count). The maximum Gasteiger partial charge on any atom is 0.294 e. The number of alkyl halides is 1. The molecule has 2 N–H and O–H groups in total. The molecule has 7 heteroatoms. The third-order valence-corrected chi connectivity index (χ3v) is 2.20. The highest BCUT2D eigenvalue weighted by Gasteiger charge is 2.20. The summed E-state index contributed by atoms with van der Waals surface area (Å²) in [5, 5.41) is 10.6. The molecule has 0 spiro atoms. The van der Waals surface area contributed by atoms with Gasteiger partial charge >= 0.3 is 0 Å². The number of nitrogen functional groups attached to an aromatic ring is 1. The van der Waals surface area contributed by atoms with Gasteiger partial charge in [-0.1, -0.05) is 11.6 Å². The van der Waals surface area contributed by atoms with Crippen molar-refractivity contribution in [2.45, 2.75) is 0 Å². The minimum atomic E-state index is -0.702. The average molecular weight is 249 g/mol. The van der Waals surface area contributed by atoms with Crippen LogP contribution in [0.25, 0.3) is 0 Å². The topological polar surface area (TPSA) is 86.2 Å². The first-order valence-corrected chi connectivity index (χ1v) is 4.71. The zero-order valence-corrected chi connectivity index (χ0v) is 8.88. The Bertz CT molecular complexity index is 434. The number of nitrogens with zero attached hydrogens (tertiary/aromatic N) is 1. The van der Waals surface area contributed by atoms with Gasteiger partial charge in [-0.05, 0) is 6.07 Å². The summed E-state index contributed by atoms with van der Waals surface area (Å²) in [4.78, 5) is 21.1. The average Bonchev–Trinajstić information content (AvgIpc) is 2.19. The van der Waals surface area contributed by atoms with Gasteiger partial charge < -0.3 is 5.73 Å². The zero-order chi connectivity index (χ0) is 11.6. The van der Waals surface area contributed by atoms with Crippen LogP contribution in [0.15, 0.2) is 12.1 Å². The first-order valence-electron chi connectivity index (χ1n) is 3.80. The maximum absolute atomic E-state index is 11.3. The van der Waals surface area contributed by atoms with Crippen molar-refractivity contribution < 1.29 is 9.72 Å². The van der Waals surface area contributed by atoms with Crippen LogP contribution in [0.4, 0.5) is 11.4 Å². The molecule has 1 aromatic carbocycles. The molecule has 0 aliphatic heterocycles.